The number of phenols is 2. The summed E-state index contributed by atoms with van der Waals surface area (Å²) < 4.78 is 5.75. The number of amides is 2. The van der Waals surface area contributed by atoms with Crippen molar-refractivity contribution in [2.24, 2.45) is 0 Å². The molecule has 156 valence electrons. The van der Waals surface area contributed by atoms with E-state index in [1.807, 2.05) is 26.2 Å². The molecule has 3 rings (SSSR count). The van der Waals surface area contributed by atoms with E-state index >= 15 is 0 Å². The number of aryl methyl sites for hydroxylation is 2. The fourth-order valence-corrected chi connectivity index (χ4v) is 3.93. The highest BCUT2D eigenvalue weighted by Crippen LogP contribution is 2.27. The zero-order valence-electron chi connectivity index (χ0n) is 16.8. The Morgan fingerprint density at radius 1 is 1.17 bits per heavy atom. The highest BCUT2D eigenvalue weighted by Gasteiger charge is 2.40. The van der Waals surface area contributed by atoms with Gasteiger partial charge in [0.1, 0.15) is 23.6 Å². The molecule has 2 atom stereocenters. The zero-order valence-corrected chi connectivity index (χ0v) is 17.6. The van der Waals surface area contributed by atoms with Gasteiger partial charge in [-0.2, -0.15) is 11.8 Å². The fraction of sp³-hybridized carbons (Fsp3) is 0.429. The van der Waals surface area contributed by atoms with Crippen LogP contribution in [-0.4, -0.2) is 51.0 Å². The van der Waals surface area contributed by atoms with Crippen LogP contribution in [0.4, 0.5) is 0 Å². The number of furan rings is 1. The minimum Gasteiger partial charge on any atom is -0.504 e. The van der Waals surface area contributed by atoms with Crippen LogP contribution in [-0.2, 0) is 22.6 Å². The fourth-order valence-electron chi connectivity index (χ4n) is 3.46. The van der Waals surface area contributed by atoms with Crippen LogP contribution in [0.15, 0.2) is 28.7 Å². The van der Waals surface area contributed by atoms with Gasteiger partial charge in [0, 0.05) is 6.42 Å². The predicted octanol–water partition coefficient (Wildman–Crippen LogP) is 2.50. The normalized spacial score (nSPS) is 19.5. The molecule has 0 bridgehead atoms. The van der Waals surface area contributed by atoms with Crippen molar-refractivity contribution in [2.45, 2.75) is 45.3 Å². The Bertz CT molecular complexity index is 891. The molecule has 0 aliphatic carbocycles. The van der Waals surface area contributed by atoms with E-state index in [9.17, 15) is 19.8 Å². The highest BCUT2D eigenvalue weighted by molar-refractivity contribution is 7.98. The van der Waals surface area contributed by atoms with Gasteiger partial charge in [-0.05, 0) is 61.6 Å². The molecule has 7 nitrogen and oxygen atoms in total. The van der Waals surface area contributed by atoms with Crippen molar-refractivity contribution < 1.29 is 24.2 Å². The van der Waals surface area contributed by atoms with Gasteiger partial charge in [0.25, 0.3) is 0 Å². The maximum Gasteiger partial charge on any atom is 0.246 e. The second kappa shape index (κ2) is 8.82. The van der Waals surface area contributed by atoms with Crippen LogP contribution >= 0.6 is 11.8 Å². The third-order valence-electron chi connectivity index (χ3n) is 5.20. The topological polar surface area (TPSA) is 103 Å². The van der Waals surface area contributed by atoms with Crippen LogP contribution in [0.5, 0.6) is 11.5 Å². The van der Waals surface area contributed by atoms with Gasteiger partial charge >= 0.3 is 0 Å². The summed E-state index contributed by atoms with van der Waals surface area (Å²) >= 11 is 1.62. The molecule has 1 aromatic carbocycles. The Kier molecular flexibility index (Phi) is 6.42. The highest BCUT2D eigenvalue weighted by atomic mass is 32.2. The van der Waals surface area contributed by atoms with Crippen molar-refractivity contribution >= 4 is 23.6 Å². The number of nitrogens with one attached hydrogen (secondary N) is 1. The van der Waals surface area contributed by atoms with Gasteiger partial charge in [0.05, 0.1) is 6.54 Å². The summed E-state index contributed by atoms with van der Waals surface area (Å²) in [6.07, 6.45) is 2.74. The number of piperazine rings is 1. The molecule has 0 radical (unpaired) electrons. The average molecular weight is 419 g/mol. The molecule has 1 saturated heterocycles. The van der Waals surface area contributed by atoms with E-state index in [0.717, 1.165) is 17.1 Å². The number of hydrogen-bond acceptors (Lipinski definition) is 6. The van der Waals surface area contributed by atoms with E-state index in [1.54, 1.807) is 22.7 Å². The van der Waals surface area contributed by atoms with Gasteiger partial charge in [0.2, 0.25) is 11.8 Å². The zero-order chi connectivity index (χ0) is 21.1. The Morgan fingerprint density at radius 2 is 1.93 bits per heavy atom. The van der Waals surface area contributed by atoms with Gasteiger partial charge < -0.3 is 24.8 Å². The largest absolute Gasteiger partial charge is 0.504 e. The number of carbonyl (C=O) groups excluding carboxylic acids is 2. The molecule has 3 N–H and O–H groups in total. The van der Waals surface area contributed by atoms with Gasteiger partial charge in [0.15, 0.2) is 11.5 Å². The molecule has 1 fully saturated rings. The van der Waals surface area contributed by atoms with Gasteiger partial charge in [-0.3, -0.25) is 9.59 Å². The second-order valence-corrected chi connectivity index (χ2v) is 8.29. The minimum atomic E-state index is -0.734. The number of phenolic OH excluding ortho intramolecular Hbond substituents is 2. The first-order valence-corrected chi connectivity index (χ1v) is 10.9. The lowest BCUT2D eigenvalue weighted by molar-refractivity contribution is -0.150. The maximum atomic E-state index is 13.2. The number of hydrogen-bond donors (Lipinski definition) is 3. The van der Waals surface area contributed by atoms with E-state index in [1.165, 1.54) is 12.1 Å². The number of aromatic hydroxyl groups is 2. The summed E-state index contributed by atoms with van der Waals surface area (Å²) in [7, 11) is 0. The molecule has 2 amide bonds. The minimum absolute atomic E-state index is 0.140. The van der Waals surface area contributed by atoms with Crippen LogP contribution in [0, 0.1) is 13.8 Å². The third kappa shape index (κ3) is 4.70. The number of carbonyl (C=O) groups is 2. The Labute approximate surface area is 174 Å². The third-order valence-corrected chi connectivity index (χ3v) is 5.84. The molecule has 1 aliphatic rings. The lowest BCUT2D eigenvalue weighted by Crippen LogP contribution is -2.63. The SMILES string of the molecule is CSCCC1NC(=O)C(Cc2ccc(O)c(O)c2)N(Cc2cc(C)c(C)o2)C1=O. The van der Waals surface area contributed by atoms with Gasteiger partial charge in [-0.15, -0.1) is 0 Å². The van der Waals surface area contributed by atoms with Crippen LogP contribution in [0.25, 0.3) is 0 Å². The molecule has 8 heteroatoms. The predicted molar refractivity (Wildman–Crippen MR) is 111 cm³/mol. The summed E-state index contributed by atoms with van der Waals surface area (Å²) in [5.74, 6) is 1.32. The van der Waals surface area contributed by atoms with Crippen molar-refractivity contribution in [1.29, 1.82) is 0 Å². The number of nitrogens with zero attached hydrogens (tertiary/aromatic N) is 1. The van der Waals surface area contributed by atoms with Crippen molar-refractivity contribution in [1.82, 2.24) is 10.2 Å². The van der Waals surface area contributed by atoms with E-state index in [4.69, 9.17) is 4.42 Å². The molecule has 0 spiro atoms. The molecular weight excluding hydrogens is 392 g/mol. The second-order valence-electron chi connectivity index (χ2n) is 7.30. The molecule has 29 heavy (non-hydrogen) atoms. The Balaban J connectivity index is 1.88. The lowest BCUT2D eigenvalue weighted by Gasteiger charge is -2.38. The van der Waals surface area contributed by atoms with Crippen molar-refractivity contribution in [3.05, 3.63) is 46.9 Å². The molecular formula is C21H26N2O5S. The number of thioether (sulfide) groups is 1. The van der Waals surface area contributed by atoms with E-state index in [0.29, 0.717) is 17.7 Å². The van der Waals surface area contributed by atoms with Crippen LogP contribution in [0.2, 0.25) is 0 Å². The summed E-state index contributed by atoms with van der Waals surface area (Å²) in [5.41, 5.74) is 1.64. The summed E-state index contributed by atoms with van der Waals surface area (Å²) in [6, 6.07) is 5.01. The van der Waals surface area contributed by atoms with Crippen molar-refractivity contribution in [3.8, 4) is 11.5 Å². The first kappa shape index (κ1) is 21.1. The number of rotatable bonds is 7. The summed E-state index contributed by atoms with van der Waals surface area (Å²) in [6.45, 7) is 4.00. The quantitative estimate of drug-likeness (QED) is 0.597. The molecule has 1 aromatic heterocycles. The lowest BCUT2D eigenvalue weighted by atomic mass is 9.98. The summed E-state index contributed by atoms with van der Waals surface area (Å²) in [4.78, 5) is 27.6. The molecule has 2 heterocycles. The average Bonchev–Trinajstić information content (AvgIpc) is 3.00. The molecule has 2 aromatic rings. The number of benzene rings is 1. The molecule has 2 unspecified atom stereocenters. The first-order valence-electron chi connectivity index (χ1n) is 9.46. The van der Waals surface area contributed by atoms with Crippen LogP contribution in [0.3, 0.4) is 0 Å². The summed E-state index contributed by atoms with van der Waals surface area (Å²) in [5, 5.41) is 22.1. The van der Waals surface area contributed by atoms with Crippen molar-refractivity contribution in [2.75, 3.05) is 12.0 Å². The Morgan fingerprint density at radius 3 is 2.55 bits per heavy atom. The maximum absolute atomic E-state index is 13.2. The molecule has 1 aliphatic heterocycles. The smallest absolute Gasteiger partial charge is 0.246 e. The Hall–Kier alpha value is -2.61. The standard InChI is InChI=1S/C21H26N2O5S/c1-12-8-15(28-13(12)2)11-23-17(9-14-4-5-18(24)19(25)10-14)20(26)22-16(21(23)27)6-7-29-3/h4-5,8,10,16-17,24-25H,6-7,9,11H2,1-3H3,(H,22,26). The van der Waals surface area contributed by atoms with Crippen molar-refractivity contribution in [3.63, 3.8) is 0 Å². The van der Waals surface area contributed by atoms with Gasteiger partial charge in [-0.25, -0.2) is 0 Å². The first-order chi connectivity index (χ1) is 13.8. The monoisotopic (exact) mass is 418 g/mol. The van der Waals surface area contributed by atoms with E-state index in [-0.39, 0.29) is 36.3 Å². The van der Waals surface area contributed by atoms with E-state index < -0.39 is 12.1 Å². The van der Waals surface area contributed by atoms with Crippen LogP contribution in [0.1, 0.15) is 29.1 Å². The molecule has 0 saturated carbocycles. The van der Waals surface area contributed by atoms with Crippen LogP contribution < -0.4 is 5.32 Å². The van der Waals surface area contributed by atoms with E-state index in [2.05, 4.69) is 5.32 Å². The van der Waals surface area contributed by atoms with Gasteiger partial charge in [-0.1, -0.05) is 6.07 Å².